The molecule has 0 fully saturated rings. The first-order valence-electron chi connectivity index (χ1n) is 8.19. The normalized spacial score (nSPS) is 10.5. The van der Waals surface area contributed by atoms with Crippen molar-refractivity contribution < 1.29 is 27.8 Å². The number of thiophene rings is 1. The molecule has 28 heavy (non-hydrogen) atoms. The van der Waals surface area contributed by atoms with Crippen molar-refractivity contribution in [3.63, 3.8) is 0 Å². The van der Waals surface area contributed by atoms with E-state index in [9.17, 15) is 18.4 Å². The van der Waals surface area contributed by atoms with Crippen LogP contribution in [0.15, 0.2) is 66.0 Å². The van der Waals surface area contributed by atoms with Crippen LogP contribution >= 0.6 is 11.3 Å². The Hall–Kier alpha value is -3.26. The van der Waals surface area contributed by atoms with Crippen LogP contribution in [0.3, 0.4) is 0 Å². The number of carbonyl (C=O) groups excluding carboxylic acids is 2. The van der Waals surface area contributed by atoms with Crippen molar-refractivity contribution in [2.24, 2.45) is 0 Å². The Morgan fingerprint density at radius 2 is 1.64 bits per heavy atom. The summed E-state index contributed by atoms with van der Waals surface area (Å²) in [5.74, 6) is -0.360. The number of anilines is 1. The van der Waals surface area contributed by atoms with Crippen molar-refractivity contribution in [1.82, 2.24) is 0 Å². The molecule has 1 amide bonds. The molecule has 0 atom stereocenters. The fourth-order valence-electron chi connectivity index (χ4n) is 2.33. The average Bonchev–Trinajstić information content (AvgIpc) is 3.19. The molecule has 0 radical (unpaired) electrons. The summed E-state index contributed by atoms with van der Waals surface area (Å²) >= 11 is 1.34. The van der Waals surface area contributed by atoms with E-state index in [0.717, 1.165) is 0 Å². The van der Waals surface area contributed by atoms with Gasteiger partial charge in [-0.15, -0.1) is 11.3 Å². The van der Waals surface area contributed by atoms with Crippen LogP contribution in [-0.4, -0.2) is 18.5 Å². The SMILES string of the molecule is O=C(Cc1ccc(OC(F)F)cc1)Oc1ccc(NC(=O)c2cccs2)cc1. The molecule has 0 saturated heterocycles. The molecule has 0 saturated carbocycles. The van der Waals surface area contributed by atoms with Crippen LogP contribution in [0.2, 0.25) is 0 Å². The summed E-state index contributed by atoms with van der Waals surface area (Å²) in [7, 11) is 0. The van der Waals surface area contributed by atoms with Gasteiger partial charge in [-0.3, -0.25) is 9.59 Å². The van der Waals surface area contributed by atoms with Crippen LogP contribution in [0.25, 0.3) is 0 Å². The van der Waals surface area contributed by atoms with Gasteiger partial charge >= 0.3 is 12.6 Å². The summed E-state index contributed by atoms with van der Waals surface area (Å²) in [6.45, 7) is -2.89. The highest BCUT2D eigenvalue weighted by Gasteiger charge is 2.10. The fraction of sp³-hybridized carbons (Fsp3) is 0.100. The molecule has 3 aromatic rings. The highest BCUT2D eigenvalue weighted by atomic mass is 32.1. The minimum Gasteiger partial charge on any atom is -0.435 e. The summed E-state index contributed by atoms with van der Waals surface area (Å²) in [5, 5.41) is 4.57. The maximum absolute atomic E-state index is 12.1. The lowest BCUT2D eigenvalue weighted by atomic mass is 10.1. The predicted molar refractivity (Wildman–Crippen MR) is 101 cm³/mol. The molecule has 5 nitrogen and oxygen atoms in total. The lowest BCUT2D eigenvalue weighted by Crippen LogP contribution is -2.12. The van der Waals surface area contributed by atoms with Gasteiger partial charge in [0.1, 0.15) is 11.5 Å². The Balaban J connectivity index is 1.52. The number of nitrogens with one attached hydrogen (secondary N) is 1. The predicted octanol–water partition coefficient (Wildman–Crippen LogP) is 4.75. The lowest BCUT2D eigenvalue weighted by molar-refractivity contribution is -0.133. The molecule has 0 spiro atoms. The third kappa shape index (κ3) is 5.62. The van der Waals surface area contributed by atoms with Gasteiger partial charge < -0.3 is 14.8 Å². The molecule has 0 aliphatic heterocycles. The zero-order valence-electron chi connectivity index (χ0n) is 14.4. The summed E-state index contributed by atoms with van der Waals surface area (Å²) in [4.78, 5) is 24.6. The van der Waals surface area contributed by atoms with Crippen LogP contribution in [-0.2, 0) is 11.2 Å². The van der Waals surface area contributed by atoms with Crippen LogP contribution in [0.5, 0.6) is 11.5 Å². The number of alkyl halides is 2. The number of ether oxygens (including phenoxy) is 2. The van der Waals surface area contributed by atoms with Gasteiger partial charge in [0.2, 0.25) is 0 Å². The number of rotatable bonds is 7. The Morgan fingerprint density at radius 1 is 0.964 bits per heavy atom. The highest BCUT2D eigenvalue weighted by molar-refractivity contribution is 7.12. The quantitative estimate of drug-likeness (QED) is 0.457. The largest absolute Gasteiger partial charge is 0.435 e. The minimum absolute atomic E-state index is 0.0206. The summed E-state index contributed by atoms with van der Waals surface area (Å²) in [5.41, 5.74) is 1.18. The van der Waals surface area contributed by atoms with E-state index in [0.29, 0.717) is 21.9 Å². The van der Waals surface area contributed by atoms with Crippen LogP contribution in [0, 0.1) is 0 Å². The van der Waals surface area contributed by atoms with Crippen LogP contribution in [0.4, 0.5) is 14.5 Å². The standard InChI is InChI=1S/C20H15F2NO4S/c21-20(22)27-16-7-3-13(4-8-16)12-18(24)26-15-9-5-14(6-10-15)23-19(25)17-2-1-11-28-17/h1-11,20H,12H2,(H,23,25). The molecule has 0 aliphatic carbocycles. The number of hydrogen-bond donors (Lipinski definition) is 1. The Labute approximate surface area is 163 Å². The molecule has 1 N–H and O–H groups in total. The van der Waals surface area contributed by atoms with E-state index in [1.165, 1.54) is 35.6 Å². The molecule has 1 aromatic heterocycles. The second kappa shape index (κ2) is 9.09. The third-order valence-electron chi connectivity index (χ3n) is 3.59. The summed E-state index contributed by atoms with van der Waals surface area (Å²) in [6.07, 6.45) is -0.0220. The van der Waals surface area contributed by atoms with E-state index in [4.69, 9.17) is 4.74 Å². The van der Waals surface area contributed by atoms with Gasteiger partial charge in [-0.05, 0) is 53.4 Å². The van der Waals surface area contributed by atoms with Crippen molar-refractivity contribution in [3.05, 3.63) is 76.5 Å². The molecule has 0 bridgehead atoms. The van der Waals surface area contributed by atoms with Gasteiger partial charge in [-0.1, -0.05) is 18.2 Å². The van der Waals surface area contributed by atoms with Crippen molar-refractivity contribution >= 4 is 28.9 Å². The molecule has 3 rings (SSSR count). The van der Waals surface area contributed by atoms with Gasteiger partial charge in [0.25, 0.3) is 5.91 Å². The van der Waals surface area contributed by atoms with Gasteiger partial charge in [-0.25, -0.2) is 0 Å². The molecule has 2 aromatic carbocycles. The van der Waals surface area contributed by atoms with Crippen LogP contribution < -0.4 is 14.8 Å². The van der Waals surface area contributed by atoms with E-state index in [-0.39, 0.29) is 18.1 Å². The topological polar surface area (TPSA) is 64.6 Å². The molecule has 144 valence electrons. The first-order chi connectivity index (χ1) is 13.5. The van der Waals surface area contributed by atoms with Gasteiger partial charge in [0.05, 0.1) is 11.3 Å². The first kappa shape index (κ1) is 19.5. The van der Waals surface area contributed by atoms with Gasteiger partial charge in [0.15, 0.2) is 0 Å². The molecule has 0 aliphatic rings. The second-order valence-electron chi connectivity index (χ2n) is 5.63. The van der Waals surface area contributed by atoms with Gasteiger partial charge in [0, 0.05) is 5.69 Å². The van der Waals surface area contributed by atoms with E-state index in [2.05, 4.69) is 10.1 Å². The van der Waals surface area contributed by atoms with Crippen molar-refractivity contribution in [3.8, 4) is 11.5 Å². The van der Waals surface area contributed by atoms with E-state index in [1.807, 2.05) is 5.38 Å². The average molecular weight is 403 g/mol. The van der Waals surface area contributed by atoms with Crippen LogP contribution in [0.1, 0.15) is 15.2 Å². The number of amides is 1. The molecule has 1 heterocycles. The molecular formula is C20H15F2NO4S. The molecule has 0 unspecified atom stereocenters. The van der Waals surface area contributed by atoms with E-state index >= 15 is 0 Å². The molecular weight excluding hydrogens is 388 g/mol. The lowest BCUT2D eigenvalue weighted by Gasteiger charge is -2.08. The third-order valence-corrected chi connectivity index (χ3v) is 4.45. The highest BCUT2D eigenvalue weighted by Crippen LogP contribution is 2.19. The summed E-state index contributed by atoms with van der Waals surface area (Å²) in [6, 6.07) is 15.7. The number of halogens is 2. The zero-order valence-corrected chi connectivity index (χ0v) is 15.2. The second-order valence-corrected chi connectivity index (χ2v) is 6.58. The fourth-order valence-corrected chi connectivity index (χ4v) is 2.95. The first-order valence-corrected chi connectivity index (χ1v) is 9.07. The number of esters is 1. The number of carbonyl (C=O) groups is 2. The zero-order chi connectivity index (χ0) is 19.9. The smallest absolute Gasteiger partial charge is 0.387 e. The minimum atomic E-state index is -2.89. The maximum atomic E-state index is 12.1. The Kier molecular flexibility index (Phi) is 6.33. The van der Waals surface area contributed by atoms with Crippen molar-refractivity contribution in [1.29, 1.82) is 0 Å². The van der Waals surface area contributed by atoms with E-state index < -0.39 is 12.6 Å². The monoisotopic (exact) mass is 403 g/mol. The molecule has 8 heteroatoms. The number of hydrogen-bond acceptors (Lipinski definition) is 5. The Morgan fingerprint density at radius 3 is 2.25 bits per heavy atom. The number of benzene rings is 2. The van der Waals surface area contributed by atoms with Crippen molar-refractivity contribution in [2.75, 3.05) is 5.32 Å². The van der Waals surface area contributed by atoms with Gasteiger partial charge in [-0.2, -0.15) is 8.78 Å². The summed E-state index contributed by atoms with van der Waals surface area (Å²) < 4.78 is 33.7. The maximum Gasteiger partial charge on any atom is 0.387 e. The van der Waals surface area contributed by atoms with E-state index in [1.54, 1.807) is 36.4 Å². The van der Waals surface area contributed by atoms with Crippen molar-refractivity contribution in [2.45, 2.75) is 13.0 Å². The Bertz CT molecular complexity index is 926.